The van der Waals surface area contributed by atoms with Gasteiger partial charge in [0, 0.05) is 50.4 Å². The average Bonchev–Trinajstić information content (AvgIpc) is 3.55. The Morgan fingerprint density at radius 1 is 1.10 bits per heavy atom. The van der Waals surface area contributed by atoms with Crippen LogP contribution in [0.4, 0.5) is 14.9 Å². The van der Waals surface area contributed by atoms with Gasteiger partial charge in [0.05, 0.1) is 31.2 Å². The molecule has 3 aliphatic heterocycles. The summed E-state index contributed by atoms with van der Waals surface area (Å²) in [5.74, 6) is -1.01. The number of ketones is 1. The van der Waals surface area contributed by atoms with Crippen molar-refractivity contribution in [3.63, 3.8) is 0 Å². The molecule has 1 amide bonds. The third-order valence-corrected chi connectivity index (χ3v) is 9.04. The highest BCUT2D eigenvalue weighted by Gasteiger charge is 2.52. The molecule has 0 aromatic heterocycles. The Morgan fingerprint density at radius 2 is 1.82 bits per heavy atom. The predicted molar refractivity (Wildman–Crippen MR) is 149 cm³/mol. The molecular formula is C31H43FN4O4. The van der Waals surface area contributed by atoms with Gasteiger partial charge in [-0.2, -0.15) is 5.26 Å². The second kappa shape index (κ2) is 12.0. The van der Waals surface area contributed by atoms with Gasteiger partial charge in [-0.1, -0.05) is 6.07 Å². The summed E-state index contributed by atoms with van der Waals surface area (Å²) >= 11 is 0. The first-order valence-corrected chi connectivity index (χ1v) is 14.9. The number of halogens is 1. The lowest BCUT2D eigenvalue weighted by atomic mass is 9.88. The summed E-state index contributed by atoms with van der Waals surface area (Å²) in [5, 5.41) is 9.87. The molecular weight excluding hydrogens is 511 g/mol. The highest BCUT2D eigenvalue weighted by molar-refractivity contribution is 5.89. The van der Waals surface area contributed by atoms with Crippen LogP contribution in [-0.4, -0.2) is 84.8 Å². The number of carbonyl (C=O) groups is 2. The van der Waals surface area contributed by atoms with Gasteiger partial charge in [-0.05, 0) is 82.9 Å². The standard InChI is InChI=1S/C31H43FN4O4/c1-31(2,3)40-30(38)36-26-7-5-23(18-26)29(36)28(37)17-21(20-33)16-22-4-6-25(19-27(22)32)34-10-8-24(9-11-34)35-12-14-39-15-13-35/h4,6,19,21,23-24,26,29H,5,7-18H2,1-3H3/t21-,23+,26-,29+/m1/s1. The summed E-state index contributed by atoms with van der Waals surface area (Å²) in [6.07, 6.45) is 4.38. The maximum atomic E-state index is 15.2. The number of nitriles is 1. The van der Waals surface area contributed by atoms with Crippen LogP contribution >= 0.6 is 0 Å². The number of carbonyl (C=O) groups excluding carboxylic acids is 2. The fourth-order valence-corrected chi connectivity index (χ4v) is 7.10. The molecule has 5 rings (SSSR count). The number of benzene rings is 1. The predicted octanol–water partition coefficient (Wildman–Crippen LogP) is 4.56. The Hall–Kier alpha value is -2.70. The molecule has 40 heavy (non-hydrogen) atoms. The zero-order chi connectivity index (χ0) is 28.4. The summed E-state index contributed by atoms with van der Waals surface area (Å²) < 4.78 is 26.3. The summed E-state index contributed by atoms with van der Waals surface area (Å²) in [7, 11) is 0. The SMILES string of the molecule is CC(C)(C)OC(=O)N1[C@@H]2CC[C@@H](C2)[C@H]1C(=O)C[C@H](C#N)Cc1ccc(N2CCC(N3CCOCC3)CC2)cc1F. The highest BCUT2D eigenvalue weighted by Crippen LogP contribution is 2.44. The van der Waals surface area contributed by atoms with E-state index in [2.05, 4.69) is 15.9 Å². The van der Waals surface area contributed by atoms with Crippen molar-refractivity contribution < 1.29 is 23.5 Å². The number of rotatable bonds is 7. The van der Waals surface area contributed by atoms with Crippen molar-refractivity contribution in [3.05, 3.63) is 29.6 Å². The number of piperidine rings is 2. The minimum absolute atomic E-state index is 0.0000701. The smallest absolute Gasteiger partial charge is 0.411 e. The van der Waals surface area contributed by atoms with E-state index in [9.17, 15) is 14.9 Å². The molecule has 2 bridgehead atoms. The monoisotopic (exact) mass is 554 g/mol. The van der Waals surface area contributed by atoms with E-state index in [0.717, 1.165) is 77.2 Å². The van der Waals surface area contributed by atoms with Gasteiger partial charge < -0.3 is 14.4 Å². The van der Waals surface area contributed by atoms with Crippen LogP contribution in [0, 0.1) is 29.0 Å². The number of anilines is 1. The Kier molecular flexibility index (Phi) is 8.67. The number of hydrogen-bond donors (Lipinski definition) is 0. The van der Waals surface area contributed by atoms with Crippen LogP contribution in [0.15, 0.2) is 18.2 Å². The van der Waals surface area contributed by atoms with E-state index < -0.39 is 23.7 Å². The van der Waals surface area contributed by atoms with E-state index >= 15 is 4.39 Å². The van der Waals surface area contributed by atoms with Gasteiger partial charge in [-0.25, -0.2) is 9.18 Å². The molecule has 8 nitrogen and oxygen atoms in total. The summed E-state index contributed by atoms with van der Waals surface area (Å²) in [5.41, 5.74) is 0.661. The maximum absolute atomic E-state index is 15.2. The molecule has 4 atom stereocenters. The quantitative estimate of drug-likeness (QED) is 0.489. The van der Waals surface area contributed by atoms with Gasteiger partial charge in [0.15, 0.2) is 5.78 Å². The first kappa shape index (κ1) is 28.8. The van der Waals surface area contributed by atoms with Crippen molar-refractivity contribution in [2.75, 3.05) is 44.3 Å². The minimum Gasteiger partial charge on any atom is -0.444 e. The second-order valence-electron chi connectivity index (χ2n) is 12.9. The van der Waals surface area contributed by atoms with E-state index in [0.29, 0.717) is 11.6 Å². The van der Waals surface area contributed by atoms with Crippen LogP contribution < -0.4 is 4.90 Å². The first-order valence-electron chi connectivity index (χ1n) is 14.9. The lowest BCUT2D eigenvalue weighted by molar-refractivity contribution is -0.126. The molecule has 4 fully saturated rings. The molecule has 3 heterocycles. The molecule has 3 saturated heterocycles. The molecule has 1 aromatic carbocycles. The largest absolute Gasteiger partial charge is 0.444 e. The molecule has 1 saturated carbocycles. The van der Waals surface area contributed by atoms with Crippen LogP contribution in [0.25, 0.3) is 0 Å². The Bertz CT molecular complexity index is 1120. The third-order valence-electron chi connectivity index (χ3n) is 9.04. The van der Waals surface area contributed by atoms with Crippen molar-refractivity contribution >= 4 is 17.6 Å². The normalized spacial score (nSPS) is 26.5. The molecule has 0 spiro atoms. The average molecular weight is 555 g/mol. The number of ether oxygens (including phenoxy) is 2. The van der Waals surface area contributed by atoms with Gasteiger partial charge in [0.1, 0.15) is 11.4 Å². The zero-order valence-corrected chi connectivity index (χ0v) is 24.1. The van der Waals surface area contributed by atoms with Crippen molar-refractivity contribution in [3.8, 4) is 6.07 Å². The topological polar surface area (TPSA) is 86.1 Å². The van der Waals surface area contributed by atoms with Gasteiger partial charge in [0.2, 0.25) is 0 Å². The number of Topliss-reactive ketones (excluding diaryl/α,β-unsaturated/α-hetero) is 1. The van der Waals surface area contributed by atoms with Crippen molar-refractivity contribution in [1.82, 2.24) is 9.80 Å². The number of hydrogen-bond acceptors (Lipinski definition) is 7. The van der Waals surface area contributed by atoms with E-state index in [1.165, 1.54) is 0 Å². The first-order chi connectivity index (χ1) is 19.1. The number of morpholine rings is 1. The van der Waals surface area contributed by atoms with Gasteiger partial charge in [0.25, 0.3) is 0 Å². The Labute approximate surface area is 237 Å². The molecule has 1 aromatic rings. The lowest BCUT2D eigenvalue weighted by Gasteiger charge is -2.40. The number of fused-ring (bicyclic) bond motifs is 2. The summed E-state index contributed by atoms with van der Waals surface area (Å²) in [6.45, 7) is 10.8. The van der Waals surface area contributed by atoms with Crippen molar-refractivity contribution in [1.29, 1.82) is 5.26 Å². The zero-order valence-electron chi connectivity index (χ0n) is 24.1. The number of nitrogens with zero attached hydrogens (tertiary/aromatic N) is 4. The molecule has 0 radical (unpaired) electrons. The van der Waals surface area contributed by atoms with Crippen molar-refractivity contribution in [2.45, 2.75) is 89.4 Å². The fourth-order valence-electron chi connectivity index (χ4n) is 7.10. The van der Waals surface area contributed by atoms with E-state index in [1.807, 2.05) is 26.8 Å². The number of amides is 1. The van der Waals surface area contributed by atoms with E-state index in [-0.39, 0.29) is 36.4 Å². The third kappa shape index (κ3) is 6.44. The molecule has 1 aliphatic carbocycles. The van der Waals surface area contributed by atoms with E-state index in [4.69, 9.17) is 9.47 Å². The fraction of sp³-hybridized carbons (Fsp3) is 0.710. The molecule has 0 N–H and O–H groups in total. The molecule has 4 aliphatic rings. The second-order valence-corrected chi connectivity index (χ2v) is 12.9. The van der Waals surface area contributed by atoms with Gasteiger partial charge in [-0.15, -0.1) is 0 Å². The minimum atomic E-state index is -0.656. The summed E-state index contributed by atoms with van der Waals surface area (Å²) in [4.78, 5) is 32.8. The molecule has 218 valence electrons. The van der Waals surface area contributed by atoms with Crippen LogP contribution in [0.2, 0.25) is 0 Å². The lowest BCUT2D eigenvalue weighted by Crippen LogP contribution is -2.51. The van der Waals surface area contributed by atoms with Crippen LogP contribution in [-0.2, 0) is 20.7 Å². The maximum Gasteiger partial charge on any atom is 0.411 e. The van der Waals surface area contributed by atoms with Crippen LogP contribution in [0.5, 0.6) is 0 Å². The molecule has 0 unspecified atom stereocenters. The number of likely N-dealkylation sites (tertiary alicyclic amines) is 1. The van der Waals surface area contributed by atoms with E-state index in [1.54, 1.807) is 17.0 Å². The summed E-state index contributed by atoms with van der Waals surface area (Å²) in [6, 6.07) is 7.50. The van der Waals surface area contributed by atoms with Crippen LogP contribution in [0.3, 0.4) is 0 Å². The Morgan fingerprint density at radius 3 is 2.48 bits per heavy atom. The Balaban J connectivity index is 1.18. The van der Waals surface area contributed by atoms with Crippen molar-refractivity contribution in [2.24, 2.45) is 11.8 Å². The van der Waals surface area contributed by atoms with Gasteiger partial charge >= 0.3 is 6.09 Å². The molecule has 9 heteroatoms. The van der Waals surface area contributed by atoms with Gasteiger partial charge in [-0.3, -0.25) is 14.6 Å². The highest BCUT2D eigenvalue weighted by atomic mass is 19.1. The van der Waals surface area contributed by atoms with Crippen LogP contribution in [0.1, 0.15) is 64.9 Å².